The van der Waals surface area contributed by atoms with E-state index in [0.717, 1.165) is 39.1 Å². The summed E-state index contributed by atoms with van der Waals surface area (Å²) < 4.78 is 0. The number of likely N-dealkylation sites (N-methyl/N-ethyl adjacent to an activating group) is 1. The van der Waals surface area contributed by atoms with Gasteiger partial charge in [-0.1, -0.05) is 0 Å². The summed E-state index contributed by atoms with van der Waals surface area (Å²) in [6.07, 6.45) is 0.798. The van der Waals surface area contributed by atoms with Crippen LogP contribution < -0.4 is 5.32 Å². The van der Waals surface area contributed by atoms with Crippen molar-refractivity contribution in [2.75, 3.05) is 46.3 Å². The predicted octanol–water partition coefficient (Wildman–Crippen LogP) is -0.703. The molecule has 0 aromatic heterocycles. The van der Waals surface area contributed by atoms with Crippen molar-refractivity contribution >= 4 is 5.97 Å². The highest BCUT2D eigenvalue weighted by atomic mass is 16.4. The zero-order valence-electron chi connectivity index (χ0n) is 9.85. The Bertz CT molecular complexity index is 252. The molecule has 2 fully saturated rings. The van der Waals surface area contributed by atoms with Crippen LogP contribution in [0.2, 0.25) is 0 Å². The van der Waals surface area contributed by atoms with Crippen molar-refractivity contribution < 1.29 is 9.90 Å². The highest BCUT2D eigenvalue weighted by Crippen LogP contribution is 2.17. The maximum Gasteiger partial charge on any atom is 0.307 e. The molecule has 0 unspecified atom stereocenters. The molecule has 2 saturated heterocycles. The van der Waals surface area contributed by atoms with Gasteiger partial charge < -0.3 is 15.3 Å². The van der Waals surface area contributed by atoms with Gasteiger partial charge in [-0.25, -0.2) is 0 Å². The summed E-state index contributed by atoms with van der Waals surface area (Å²) in [5.74, 6) is -0.871. The van der Waals surface area contributed by atoms with E-state index in [1.54, 1.807) is 0 Å². The number of nitrogens with one attached hydrogen (secondary N) is 1. The Morgan fingerprint density at radius 2 is 1.94 bits per heavy atom. The maximum atomic E-state index is 11.0. The first-order chi connectivity index (χ1) is 7.66. The molecule has 0 saturated carbocycles. The molecule has 0 spiro atoms. The molecular formula is C11H21N3O2. The van der Waals surface area contributed by atoms with Crippen LogP contribution in [0.5, 0.6) is 0 Å². The van der Waals surface area contributed by atoms with E-state index in [1.165, 1.54) is 0 Å². The summed E-state index contributed by atoms with van der Waals surface area (Å²) in [4.78, 5) is 15.7. The minimum absolute atomic E-state index is 0.210. The van der Waals surface area contributed by atoms with Crippen LogP contribution >= 0.6 is 0 Å². The van der Waals surface area contributed by atoms with E-state index in [1.807, 2.05) is 0 Å². The molecule has 0 aromatic carbocycles. The van der Waals surface area contributed by atoms with Crippen LogP contribution in [0.15, 0.2) is 0 Å². The zero-order chi connectivity index (χ0) is 11.5. The molecule has 0 aliphatic carbocycles. The molecule has 0 aromatic rings. The Morgan fingerprint density at radius 3 is 2.56 bits per heavy atom. The van der Waals surface area contributed by atoms with E-state index < -0.39 is 5.97 Å². The van der Waals surface area contributed by atoms with Crippen molar-refractivity contribution in [1.82, 2.24) is 15.1 Å². The highest BCUT2D eigenvalue weighted by molar-refractivity contribution is 5.70. The minimum Gasteiger partial charge on any atom is -0.481 e. The molecule has 2 atom stereocenters. The number of hydrogen-bond donors (Lipinski definition) is 2. The number of aliphatic carboxylic acids is 1. The Hall–Kier alpha value is -0.650. The summed E-state index contributed by atoms with van der Waals surface area (Å²) in [5, 5.41) is 12.3. The lowest BCUT2D eigenvalue weighted by atomic mass is 9.94. The van der Waals surface area contributed by atoms with Gasteiger partial charge in [0.2, 0.25) is 0 Å². The second kappa shape index (κ2) is 5.12. The van der Waals surface area contributed by atoms with Gasteiger partial charge in [0, 0.05) is 45.3 Å². The molecule has 5 nitrogen and oxygen atoms in total. The van der Waals surface area contributed by atoms with Gasteiger partial charge >= 0.3 is 5.97 Å². The SMILES string of the molecule is CN1CCN([C@@H]2CNC[C@@H](C(=O)O)C2)CC1. The van der Waals surface area contributed by atoms with Crippen LogP contribution in [0.1, 0.15) is 6.42 Å². The number of carboxylic acid groups (broad SMARTS) is 1. The first kappa shape index (κ1) is 11.8. The Balaban J connectivity index is 1.87. The lowest BCUT2D eigenvalue weighted by Gasteiger charge is -2.41. The number of hydrogen-bond acceptors (Lipinski definition) is 4. The van der Waals surface area contributed by atoms with Crippen molar-refractivity contribution in [1.29, 1.82) is 0 Å². The predicted molar refractivity (Wildman–Crippen MR) is 61.5 cm³/mol. The maximum absolute atomic E-state index is 11.0. The molecule has 5 heteroatoms. The number of rotatable bonds is 2. The Labute approximate surface area is 96.4 Å². The number of piperazine rings is 1. The lowest BCUT2D eigenvalue weighted by molar-refractivity contribution is -0.143. The van der Waals surface area contributed by atoms with Crippen LogP contribution in [-0.2, 0) is 4.79 Å². The van der Waals surface area contributed by atoms with Gasteiger partial charge in [-0.2, -0.15) is 0 Å². The lowest BCUT2D eigenvalue weighted by Crippen LogP contribution is -2.55. The van der Waals surface area contributed by atoms with Gasteiger partial charge in [0.1, 0.15) is 0 Å². The molecule has 2 rings (SSSR count). The average Bonchev–Trinajstić information content (AvgIpc) is 2.30. The molecule has 0 radical (unpaired) electrons. The monoisotopic (exact) mass is 227 g/mol. The standard InChI is InChI=1S/C11H21N3O2/c1-13-2-4-14(5-3-13)10-6-9(11(15)16)7-12-8-10/h9-10,12H,2-8H2,1H3,(H,15,16)/t9-,10-/m0/s1. The Kier molecular flexibility index (Phi) is 3.78. The third kappa shape index (κ3) is 2.72. The quantitative estimate of drug-likeness (QED) is 0.653. The van der Waals surface area contributed by atoms with Gasteiger partial charge in [0.15, 0.2) is 0 Å². The first-order valence-corrected chi connectivity index (χ1v) is 6.03. The summed E-state index contributed by atoms with van der Waals surface area (Å²) in [6, 6.07) is 0.406. The van der Waals surface area contributed by atoms with E-state index in [0.29, 0.717) is 12.6 Å². The number of carboxylic acids is 1. The van der Waals surface area contributed by atoms with Crippen LogP contribution in [0.25, 0.3) is 0 Å². The van der Waals surface area contributed by atoms with Gasteiger partial charge in [-0.05, 0) is 13.5 Å². The highest BCUT2D eigenvalue weighted by Gasteiger charge is 2.31. The van der Waals surface area contributed by atoms with Crippen molar-refractivity contribution in [3.8, 4) is 0 Å². The van der Waals surface area contributed by atoms with Crippen molar-refractivity contribution in [2.24, 2.45) is 5.92 Å². The summed E-state index contributed by atoms with van der Waals surface area (Å²) in [7, 11) is 2.14. The fraction of sp³-hybridized carbons (Fsp3) is 0.909. The third-order valence-corrected chi connectivity index (χ3v) is 3.73. The van der Waals surface area contributed by atoms with E-state index in [4.69, 9.17) is 5.11 Å². The molecule has 2 heterocycles. The number of piperidine rings is 1. The van der Waals surface area contributed by atoms with Crippen LogP contribution in [0.3, 0.4) is 0 Å². The molecular weight excluding hydrogens is 206 g/mol. The fourth-order valence-electron chi connectivity index (χ4n) is 2.57. The van der Waals surface area contributed by atoms with Crippen LogP contribution in [0, 0.1) is 5.92 Å². The summed E-state index contributed by atoms with van der Waals surface area (Å²) >= 11 is 0. The summed E-state index contributed by atoms with van der Waals surface area (Å²) in [6.45, 7) is 5.87. The molecule has 92 valence electrons. The van der Waals surface area contributed by atoms with E-state index >= 15 is 0 Å². The van der Waals surface area contributed by atoms with E-state index in [-0.39, 0.29) is 5.92 Å². The van der Waals surface area contributed by atoms with Gasteiger partial charge in [0.25, 0.3) is 0 Å². The molecule has 0 amide bonds. The van der Waals surface area contributed by atoms with Crippen molar-refractivity contribution in [2.45, 2.75) is 12.5 Å². The van der Waals surface area contributed by atoms with Gasteiger partial charge in [-0.3, -0.25) is 9.69 Å². The van der Waals surface area contributed by atoms with E-state index in [9.17, 15) is 4.79 Å². The molecule has 2 aliphatic heterocycles. The van der Waals surface area contributed by atoms with Crippen molar-refractivity contribution in [3.63, 3.8) is 0 Å². The van der Waals surface area contributed by atoms with Crippen molar-refractivity contribution in [3.05, 3.63) is 0 Å². The number of carbonyl (C=O) groups is 1. The zero-order valence-corrected chi connectivity index (χ0v) is 9.85. The number of nitrogens with zero attached hydrogens (tertiary/aromatic N) is 2. The first-order valence-electron chi connectivity index (χ1n) is 6.03. The second-order valence-electron chi connectivity index (χ2n) is 4.92. The fourth-order valence-corrected chi connectivity index (χ4v) is 2.57. The molecule has 2 aliphatic rings. The smallest absolute Gasteiger partial charge is 0.307 e. The summed E-state index contributed by atoms with van der Waals surface area (Å²) in [5.41, 5.74) is 0. The third-order valence-electron chi connectivity index (χ3n) is 3.73. The second-order valence-corrected chi connectivity index (χ2v) is 4.92. The molecule has 2 N–H and O–H groups in total. The average molecular weight is 227 g/mol. The minimum atomic E-state index is -0.661. The molecule has 16 heavy (non-hydrogen) atoms. The topological polar surface area (TPSA) is 55.8 Å². The normalized spacial score (nSPS) is 33.8. The Morgan fingerprint density at radius 1 is 1.25 bits per heavy atom. The largest absolute Gasteiger partial charge is 0.481 e. The van der Waals surface area contributed by atoms with Crippen LogP contribution in [0.4, 0.5) is 0 Å². The molecule has 0 bridgehead atoms. The van der Waals surface area contributed by atoms with Gasteiger partial charge in [-0.15, -0.1) is 0 Å². The van der Waals surface area contributed by atoms with Crippen LogP contribution in [-0.4, -0.2) is 73.2 Å². The van der Waals surface area contributed by atoms with E-state index in [2.05, 4.69) is 22.2 Å². The van der Waals surface area contributed by atoms with Gasteiger partial charge in [0.05, 0.1) is 5.92 Å².